The highest BCUT2D eigenvalue weighted by Gasteiger charge is 2.35. The zero-order chi connectivity index (χ0) is 24.6. The summed E-state index contributed by atoms with van der Waals surface area (Å²) in [7, 11) is 1.95. The average molecular weight is 483 g/mol. The van der Waals surface area contributed by atoms with Crippen LogP contribution in [0.1, 0.15) is 61.9 Å². The number of aromatic nitrogens is 2. The fraction of sp³-hybridized carbons (Fsp3) is 0.481. The standard InChI is InChI=1S/C27H34N2O4S/c1-8-31-26(30)24(33-27(4,5)6)22-17(3)34-25(20-14-16(2)28-29(20)7)23(22)19-11-12-21-18(15-19)10-9-13-32-21/h11-12,14-15,24H,8-10,13H2,1-7H3. The maximum Gasteiger partial charge on any atom is 0.340 e. The molecule has 3 aromatic rings. The van der Waals surface area contributed by atoms with Gasteiger partial charge in [-0.1, -0.05) is 6.07 Å². The van der Waals surface area contributed by atoms with Gasteiger partial charge in [0.15, 0.2) is 6.10 Å². The summed E-state index contributed by atoms with van der Waals surface area (Å²) in [5.74, 6) is 0.572. The van der Waals surface area contributed by atoms with Gasteiger partial charge in [-0.15, -0.1) is 11.3 Å². The van der Waals surface area contributed by atoms with Crippen LogP contribution in [0.4, 0.5) is 0 Å². The van der Waals surface area contributed by atoms with Gasteiger partial charge in [-0.3, -0.25) is 4.68 Å². The number of aryl methyl sites for hydroxylation is 4. The number of carbonyl (C=O) groups is 1. The summed E-state index contributed by atoms with van der Waals surface area (Å²) in [5.41, 5.74) is 5.53. The van der Waals surface area contributed by atoms with Gasteiger partial charge < -0.3 is 14.2 Å². The molecule has 7 heteroatoms. The molecule has 1 aliphatic rings. The van der Waals surface area contributed by atoms with Gasteiger partial charge in [0.05, 0.1) is 35.1 Å². The number of rotatable bonds is 6. The highest BCUT2D eigenvalue weighted by molar-refractivity contribution is 7.16. The van der Waals surface area contributed by atoms with Gasteiger partial charge >= 0.3 is 5.97 Å². The van der Waals surface area contributed by atoms with E-state index in [4.69, 9.17) is 14.2 Å². The predicted molar refractivity (Wildman–Crippen MR) is 135 cm³/mol. The Morgan fingerprint density at radius 1 is 1.26 bits per heavy atom. The van der Waals surface area contributed by atoms with Crippen molar-refractivity contribution in [3.8, 4) is 27.4 Å². The smallest absolute Gasteiger partial charge is 0.340 e. The van der Waals surface area contributed by atoms with Crippen LogP contribution in [-0.2, 0) is 27.7 Å². The quantitative estimate of drug-likeness (QED) is 0.393. The van der Waals surface area contributed by atoms with E-state index >= 15 is 0 Å². The van der Waals surface area contributed by atoms with Crippen LogP contribution >= 0.6 is 11.3 Å². The normalized spacial score (nSPS) is 14.4. The summed E-state index contributed by atoms with van der Waals surface area (Å²) < 4.78 is 19.6. The largest absolute Gasteiger partial charge is 0.493 e. The summed E-state index contributed by atoms with van der Waals surface area (Å²) in [6, 6.07) is 8.42. The van der Waals surface area contributed by atoms with Crippen LogP contribution in [-0.4, -0.2) is 34.6 Å². The third-order valence-corrected chi connectivity index (χ3v) is 6.94. The van der Waals surface area contributed by atoms with Gasteiger partial charge in [0, 0.05) is 23.1 Å². The van der Waals surface area contributed by atoms with E-state index in [0.717, 1.165) is 63.0 Å². The Hall–Kier alpha value is -2.64. The molecule has 34 heavy (non-hydrogen) atoms. The van der Waals surface area contributed by atoms with Crippen LogP contribution in [0.3, 0.4) is 0 Å². The van der Waals surface area contributed by atoms with Crippen molar-refractivity contribution >= 4 is 17.3 Å². The predicted octanol–water partition coefficient (Wildman–Crippen LogP) is 6.18. The number of hydrogen-bond donors (Lipinski definition) is 0. The minimum absolute atomic E-state index is 0.297. The molecule has 1 aliphatic heterocycles. The van der Waals surface area contributed by atoms with Gasteiger partial charge in [-0.25, -0.2) is 4.79 Å². The molecule has 0 N–H and O–H groups in total. The van der Waals surface area contributed by atoms with Crippen LogP contribution in [0, 0.1) is 13.8 Å². The molecule has 6 nitrogen and oxygen atoms in total. The molecule has 1 atom stereocenters. The molecular formula is C27H34N2O4S. The van der Waals surface area contributed by atoms with E-state index in [1.54, 1.807) is 11.3 Å². The molecule has 0 fully saturated rings. The van der Waals surface area contributed by atoms with Gasteiger partial charge in [0.2, 0.25) is 0 Å². The molecule has 2 aromatic heterocycles. The number of nitrogens with zero attached hydrogens (tertiary/aromatic N) is 2. The second kappa shape index (κ2) is 9.55. The molecular weight excluding hydrogens is 448 g/mol. The molecule has 0 radical (unpaired) electrons. The van der Waals surface area contributed by atoms with E-state index < -0.39 is 11.7 Å². The highest BCUT2D eigenvalue weighted by atomic mass is 32.1. The maximum atomic E-state index is 13.2. The lowest BCUT2D eigenvalue weighted by Gasteiger charge is -2.27. The third kappa shape index (κ3) is 4.91. The van der Waals surface area contributed by atoms with Crippen LogP contribution in [0.15, 0.2) is 24.3 Å². The number of hydrogen-bond acceptors (Lipinski definition) is 6. The molecule has 0 saturated carbocycles. The molecule has 0 aliphatic carbocycles. The Kier molecular flexibility index (Phi) is 6.87. The molecule has 4 rings (SSSR count). The number of carbonyl (C=O) groups excluding carboxylic acids is 1. The minimum Gasteiger partial charge on any atom is -0.493 e. The van der Waals surface area contributed by atoms with Gasteiger partial charge in [-0.2, -0.15) is 5.10 Å². The first-order valence-electron chi connectivity index (χ1n) is 11.8. The van der Waals surface area contributed by atoms with Crippen molar-refractivity contribution < 1.29 is 19.0 Å². The fourth-order valence-electron chi connectivity index (χ4n) is 4.48. The SMILES string of the molecule is CCOC(=O)C(OC(C)(C)C)c1c(C)sc(-c2cc(C)nn2C)c1-c1ccc2c(c1)CCCO2. The molecule has 182 valence electrons. The lowest BCUT2D eigenvalue weighted by Crippen LogP contribution is -2.29. The second-order valence-corrected chi connectivity index (χ2v) is 10.9. The topological polar surface area (TPSA) is 62.6 Å². The molecule has 3 heterocycles. The Morgan fingerprint density at radius 2 is 2.03 bits per heavy atom. The number of ether oxygens (including phenoxy) is 3. The van der Waals surface area contributed by atoms with E-state index in [0.29, 0.717) is 6.61 Å². The van der Waals surface area contributed by atoms with Gasteiger partial charge in [0.25, 0.3) is 0 Å². The molecule has 0 spiro atoms. The first-order chi connectivity index (χ1) is 16.1. The van der Waals surface area contributed by atoms with Crippen LogP contribution in [0.5, 0.6) is 5.75 Å². The number of fused-ring (bicyclic) bond motifs is 1. The molecule has 1 unspecified atom stereocenters. The zero-order valence-corrected chi connectivity index (χ0v) is 22.0. The molecule has 0 saturated heterocycles. The van der Waals surface area contributed by atoms with Crippen LogP contribution < -0.4 is 4.74 Å². The third-order valence-electron chi connectivity index (χ3n) is 5.80. The number of thiophene rings is 1. The summed E-state index contributed by atoms with van der Waals surface area (Å²) in [4.78, 5) is 15.3. The van der Waals surface area contributed by atoms with Crippen molar-refractivity contribution in [1.29, 1.82) is 0 Å². The first kappa shape index (κ1) is 24.5. The van der Waals surface area contributed by atoms with E-state index in [1.165, 1.54) is 5.56 Å². The number of esters is 1. The summed E-state index contributed by atoms with van der Waals surface area (Å²) in [6.07, 6.45) is 1.14. The van der Waals surface area contributed by atoms with Crippen molar-refractivity contribution in [3.05, 3.63) is 46.0 Å². The number of benzene rings is 1. The Bertz CT molecular complexity index is 1200. The van der Waals surface area contributed by atoms with Crippen molar-refractivity contribution in [2.75, 3.05) is 13.2 Å². The Morgan fingerprint density at radius 3 is 2.68 bits per heavy atom. The minimum atomic E-state index is -0.832. The lowest BCUT2D eigenvalue weighted by atomic mass is 9.92. The Labute approximate surface area is 205 Å². The first-order valence-corrected chi connectivity index (χ1v) is 12.7. The van der Waals surface area contributed by atoms with Crippen molar-refractivity contribution in [2.24, 2.45) is 7.05 Å². The molecule has 1 aromatic carbocycles. The highest BCUT2D eigenvalue weighted by Crippen LogP contribution is 2.48. The molecule has 0 bridgehead atoms. The maximum absolute atomic E-state index is 13.2. The van der Waals surface area contributed by atoms with Crippen molar-refractivity contribution in [1.82, 2.24) is 9.78 Å². The van der Waals surface area contributed by atoms with Gasteiger partial charge in [0.1, 0.15) is 5.75 Å². The zero-order valence-electron chi connectivity index (χ0n) is 21.2. The van der Waals surface area contributed by atoms with Crippen molar-refractivity contribution in [2.45, 2.75) is 66.1 Å². The monoisotopic (exact) mass is 482 g/mol. The van der Waals surface area contributed by atoms with E-state index in [2.05, 4.69) is 30.2 Å². The van der Waals surface area contributed by atoms with E-state index in [1.807, 2.05) is 52.4 Å². The second-order valence-electron chi connectivity index (χ2n) is 9.71. The average Bonchev–Trinajstić information content (AvgIpc) is 3.29. The summed E-state index contributed by atoms with van der Waals surface area (Å²) >= 11 is 1.66. The Balaban J connectivity index is 1.98. The lowest BCUT2D eigenvalue weighted by molar-refractivity contribution is -0.166. The van der Waals surface area contributed by atoms with Crippen molar-refractivity contribution in [3.63, 3.8) is 0 Å². The summed E-state index contributed by atoms with van der Waals surface area (Å²) in [6.45, 7) is 12.8. The van der Waals surface area contributed by atoms with Crippen LogP contribution in [0.2, 0.25) is 0 Å². The van der Waals surface area contributed by atoms with Crippen LogP contribution in [0.25, 0.3) is 21.7 Å². The fourth-order valence-corrected chi connectivity index (χ4v) is 5.73. The van der Waals surface area contributed by atoms with E-state index in [-0.39, 0.29) is 5.97 Å². The van der Waals surface area contributed by atoms with Gasteiger partial charge in [-0.05, 0) is 83.7 Å². The van der Waals surface area contributed by atoms with E-state index in [9.17, 15) is 4.79 Å². The molecule has 0 amide bonds. The summed E-state index contributed by atoms with van der Waals surface area (Å²) in [5, 5.41) is 4.58.